The minimum atomic E-state index is -3.24. The van der Waals surface area contributed by atoms with Gasteiger partial charge in [0.2, 0.25) is 16.0 Å². The van der Waals surface area contributed by atoms with Crippen LogP contribution in [0.5, 0.6) is 0 Å². The zero-order valence-corrected chi connectivity index (χ0v) is 15.4. The maximum atomic E-state index is 11.4. The van der Waals surface area contributed by atoms with Crippen LogP contribution in [-0.4, -0.2) is 89.1 Å². The summed E-state index contributed by atoms with van der Waals surface area (Å²) in [7, 11) is 3.95. The SMILES string of the molecule is CNS(=O)(=O)CCNc1nccc(N2C[C@@H](OC)[C@@H](N(C)C)C2)n1. The lowest BCUT2D eigenvalue weighted by atomic mass is 10.2. The van der Waals surface area contributed by atoms with E-state index in [-0.39, 0.29) is 18.4 Å². The molecule has 0 aromatic carbocycles. The first-order valence-electron chi connectivity index (χ1n) is 7.78. The van der Waals surface area contributed by atoms with Crippen molar-refractivity contribution < 1.29 is 13.2 Å². The smallest absolute Gasteiger partial charge is 0.224 e. The molecule has 2 heterocycles. The van der Waals surface area contributed by atoms with Gasteiger partial charge in [-0.2, -0.15) is 4.98 Å². The summed E-state index contributed by atoms with van der Waals surface area (Å²) in [5, 5.41) is 2.95. The fraction of sp³-hybridized carbons (Fsp3) is 0.714. The van der Waals surface area contributed by atoms with Crippen molar-refractivity contribution in [3.63, 3.8) is 0 Å². The number of sulfonamides is 1. The highest BCUT2D eigenvalue weighted by atomic mass is 32.2. The van der Waals surface area contributed by atoms with Gasteiger partial charge >= 0.3 is 0 Å². The molecule has 10 heteroatoms. The van der Waals surface area contributed by atoms with Crippen LogP contribution in [0, 0.1) is 0 Å². The van der Waals surface area contributed by atoms with Gasteiger partial charge < -0.3 is 19.9 Å². The highest BCUT2D eigenvalue weighted by Gasteiger charge is 2.34. The monoisotopic (exact) mass is 358 g/mol. The molecule has 0 bridgehead atoms. The van der Waals surface area contributed by atoms with Crippen molar-refractivity contribution in [2.24, 2.45) is 0 Å². The van der Waals surface area contributed by atoms with Gasteiger partial charge in [0.05, 0.1) is 17.9 Å². The fourth-order valence-electron chi connectivity index (χ4n) is 2.68. The largest absolute Gasteiger partial charge is 0.378 e. The molecule has 1 aliphatic heterocycles. The van der Waals surface area contributed by atoms with Crippen LogP contribution in [0.3, 0.4) is 0 Å². The van der Waals surface area contributed by atoms with Crippen LogP contribution < -0.4 is 14.9 Å². The number of rotatable bonds is 8. The lowest BCUT2D eigenvalue weighted by Crippen LogP contribution is -2.39. The standard InChI is InChI=1S/C14H26N6O3S/c1-15-24(21,22)8-7-17-14-16-6-5-13(18-14)20-9-11(19(2)3)12(10-20)23-4/h5-6,11-12,15H,7-10H2,1-4H3,(H,16,17,18)/t11-,12+/m0/s1. The van der Waals surface area contributed by atoms with Gasteiger partial charge in [-0.15, -0.1) is 0 Å². The molecule has 1 saturated heterocycles. The van der Waals surface area contributed by atoms with E-state index in [1.807, 2.05) is 20.2 Å². The van der Waals surface area contributed by atoms with E-state index < -0.39 is 10.0 Å². The summed E-state index contributed by atoms with van der Waals surface area (Å²) in [5.74, 6) is 1.19. The molecule has 2 atom stereocenters. The molecular weight excluding hydrogens is 332 g/mol. The van der Waals surface area contributed by atoms with Crippen molar-refractivity contribution in [2.45, 2.75) is 12.1 Å². The molecule has 9 nitrogen and oxygen atoms in total. The molecule has 24 heavy (non-hydrogen) atoms. The van der Waals surface area contributed by atoms with E-state index in [4.69, 9.17) is 4.74 Å². The molecule has 0 aliphatic carbocycles. The molecule has 0 amide bonds. The topological polar surface area (TPSA) is 99.7 Å². The van der Waals surface area contributed by atoms with Crippen LogP contribution in [0.2, 0.25) is 0 Å². The second-order valence-corrected chi connectivity index (χ2v) is 7.94. The van der Waals surface area contributed by atoms with E-state index in [0.717, 1.165) is 18.9 Å². The van der Waals surface area contributed by atoms with Crippen LogP contribution in [0.1, 0.15) is 0 Å². The Labute approximate surface area is 143 Å². The maximum Gasteiger partial charge on any atom is 0.224 e. The van der Waals surface area contributed by atoms with Crippen LogP contribution in [0.4, 0.5) is 11.8 Å². The summed E-state index contributed by atoms with van der Waals surface area (Å²) >= 11 is 0. The summed E-state index contributed by atoms with van der Waals surface area (Å²) in [6, 6.07) is 2.14. The van der Waals surface area contributed by atoms with Gasteiger partial charge in [-0.25, -0.2) is 18.1 Å². The first-order chi connectivity index (χ1) is 11.4. The number of nitrogens with zero attached hydrogens (tertiary/aromatic N) is 4. The second kappa shape index (κ2) is 8.06. The van der Waals surface area contributed by atoms with E-state index in [1.165, 1.54) is 7.05 Å². The third kappa shape index (κ3) is 4.76. The number of aromatic nitrogens is 2. The predicted octanol–water partition coefficient (Wildman–Crippen LogP) is -0.797. The van der Waals surface area contributed by atoms with Crippen LogP contribution in [0.15, 0.2) is 12.3 Å². The first kappa shape index (κ1) is 18.8. The third-order valence-corrected chi connectivity index (χ3v) is 5.50. The Morgan fingerprint density at radius 2 is 2.17 bits per heavy atom. The number of methoxy groups -OCH3 is 1. The average Bonchev–Trinajstić information content (AvgIpc) is 3.00. The van der Waals surface area contributed by atoms with Gasteiger partial charge in [-0.1, -0.05) is 0 Å². The Hall–Kier alpha value is -1.49. The zero-order valence-electron chi connectivity index (χ0n) is 14.6. The van der Waals surface area contributed by atoms with Gasteiger partial charge in [0.15, 0.2) is 0 Å². The zero-order chi connectivity index (χ0) is 17.7. The molecule has 0 saturated carbocycles. The normalized spacial score (nSPS) is 21.5. The average molecular weight is 358 g/mol. The Morgan fingerprint density at radius 3 is 2.75 bits per heavy atom. The molecule has 136 valence electrons. The van der Waals surface area contributed by atoms with Crippen LogP contribution in [-0.2, 0) is 14.8 Å². The third-order valence-electron chi connectivity index (χ3n) is 4.13. The molecule has 0 spiro atoms. The number of ether oxygens (including phenoxy) is 1. The van der Waals surface area contributed by atoms with Crippen LogP contribution in [0.25, 0.3) is 0 Å². The molecule has 1 aliphatic rings. The predicted molar refractivity (Wildman–Crippen MR) is 93.9 cm³/mol. The lowest BCUT2D eigenvalue weighted by Gasteiger charge is -2.23. The fourth-order valence-corrected chi connectivity index (χ4v) is 3.26. The van der Waals surface area contributed by atoms with E-state index in [0.29, 0.717) is 12.0 Å². The highest BCUT2D eigenvalue weighted by molar-refractivity contribution is 7.89. The van der Waals surface area contributed by atoms with Crippen molar-refractivity contribution in [1.29, 1.82) is 0 Å². The number of likely N-dealkylation sites (N-methyl/N-ethyl adjacent to an activating group) is 1. The van der Waals surface area contributed by atoms with Gasteiger partial charge in [0.25, 0.3) is 0 Å². The molecule has 0 radical (unpaired) electrons. The second-order valence-electron chi connectivity index (χ2n) is 5.90. The summed E-state index contributed by atoms with van der Waals surface area (Å²) in [6.07, 6.45) is 1.79. The lowest BCUT2D eigenvalue weighted by molar-refractivity contribution is 0.0639. The van der Waals surface area contributed by atoms with Gasteiger partial charge in [0, 0.05) is 32.9 Å². The molecule has 0 unspecified atom stereocenters. The molecule has 1 aromatic heterocycles. The minimum absolute atomic E-state index is 0.0325. The van der Waals surface area contributed by atoms with Gasteiger partial charge in [-0.05, 0) is 27.2 Å². The van der Waals surface area contributed by atoms with E-state index in [1.54, 1.807) is 13.3 Å². The van der Waals surface area contributed by atoms with Crippen molar-refractivity contribution in [3.8, 4) is 0 Å². The molecular formula is C14H26N6O3S. The van der Waals surface area contributed by atoms with Gasteiger partial charge in [-0.3, -0.25) is 0 Å². The molecule has 2 rings (SSSR count). The summed E-state index contributed by atoms with van der Waals surface area (Å²) in [6.45, 7) is 1.81. The van der Waals surface area contributed by atoms with E-state index in [9.17, 15) is 8.42 Å². The Bertz CT molecular complexity index is 639. The van der Waals surface area contributed by atoms with Crippen molar-refractivity contribution in [1.82, 2.24) is 19.6 Å². The van der Waals surface area contributed by atoms with Gasteiger partial charge in [0.1, 0.15) is 5.82 Å². The highest BCUT2D eigenvalue weighted by Crippen LogP contribution is 2.22. The quantitative estimate of drug-likeness (QED) is 0.623. The molecule has 1 fully saturated rings. The van der Waals surface area contributed by atoms with Crippen molar-refractivity contribution >= 4 is 21.8 Å². The minimum Gasteiger partial charge on any atom is -0.378 e. The number of nitrogens with one attached hydrogen (secondary N) is 2. The number of hydrogen-bond donors (Lipinski definition) is 2. The number of anilines is 2. The Morgan fingerprint density at radius 1 is 1.42 bits per heavy atom. The Kier molecular flexibility index (Phi) is 6.33. The molecule has 1 aromatic rings. The van der Waals surface area contributed by atoms with Crippen molar-refractivity contribution in [3.05, 3.63) is 12.3 Å². The first-order valence-corrected chi connectivity index (χ1v) is 9.44. The summed E-state index contributed by atoms with van der Waals surface area (Å²) in [5.41, 5.74) is 0. The summed E-state index contributed by atoms with van der Waals surface area (Å²) < 4.78 is 30.7. The van der Waals surface area contributed by atoms with E-state index >= 15 is 0 Å². The summed E-state index contributed by atoms with van der Waals surface area (Å²) in [4.78, 5) is 12.9. The number of hydrogen-bond acceptors (Lipinski definition) is 8. The van der Waals surface area contributed by atoms with E-state index in [2.05, 4.69) is 29.8 Å². The maximum absolute atomic E-state index is 11.4. The van der Waals surface area contributed by atoms with Crippen LogP contribution >= 0.6 is 0 Å². The Balaban J connectivity index is 2.00. The molecule has 2 N–H and O–H groups in total. The van der Waals surface area contributed by atoms with Crippen molar-refractivity contribution in [2.75, 3.05) is 63.9 Å².